The molecule has 0 heterocycles. The molecule has 132 valence electrons. The van der Waals surface area contributed by atoms with Crippen LogP contribution in [0.3, 0.4) is 0 Å². The Bertz CT molecular complexity index is 727. The zero-order chi connectivity index (χ0) is 18.2. The Kier molecular flexibility index (Phi) is 6.39. The lowest BCUT2D eigenvalue weighted by Crippen LogP contribution is -2.20. The monoisotopic (exact) mass is 343 g/mol. The van der Waals surface area contributed by atoms with Crippen LogP contribution < -0.4 is 14.8 Å². The van der Waals surface area contributed by atoms with Crippen molar-refractivity contribution in [2.75, 3.05) is 19.0 Å². The Balaban J connectivity index is 1.84. The third-order valence-corrected chi connectivity index (χ3v) is 3.61. The van der Waals surface area contributed by atoms with Crippen LogP contribution in [0.2, 0.25) is 0 Å². The summed E-state index contributed by atoms with van der Waals surface area (Å²) in [6.45, 7) is 1.54. The number of aliphatic carboxylic acids is 1. The molecule has 2 rings (SSSR count). The number of carboxylic acid groups (broad SMARTS) is 1. The van der Waals surface area contributed by atoms with Gasteiger partial charge in [-0.1, -0.05) is 25.1 Å². The molecule has 1 atom stereocenters. The fraction of sp³-hybridized carbons (Fsp3) is 0.263. The van der Waals surface area contributed by atoms with E-state index in [-0.39, 0.29) is 12.5 Å². The first kappa shape index (κ1) is 18.3. The average molecular weight is 343 g/mol. The first-order valence-electron chi connectivity index (χ1n) is 7.86. The summed E-state index contributed by atoms with van der Waals surface area (Å²) in [5.74, 6) is -0.352. The minimum atomic E-state index is -0.827. The molecule has 2 aromatic rings. The molecule has 0 fully saturated rings. The van der Waals surface area contributed by atoms with Crippen molar-refractivity contribution >= 4 is 17.6 Å². The number of hydrogen-bond acceptors (Lipinski definition) is 4. The van der Waals surface area contributed by atoms with Gasteiger partial charge in [0, 0.05) is 11.8 Å². The van der Waals surface area contributed by atoms with E-state index in [0.717, 1.165) is 5.56 Å². The Morgan fingerprint density at radius 3 is 2.44 bits per heavy atom. The van der Waals surface area contributed by atoms with Crippen LogP contribution in [0.4, 0.5) is 5.69 Å². The predicted octanol–water partition coefficient (Wildman–Crippen LogP) is 2.98. The predicted molar refractivity (Wildman–Crippen MR) is 94.1 cm³/mol. The summed E-state index contributed by atoms with van der Waals surface area (Å²) in [5.41, 5.74) is 1.53. The summed E-state index contributed by atoms with van der Waals surface area (Å²) in [4.78, 5) is 22.8. The van der Waals surface area contributed by atoms with Gasteiger partial charge in [-0.2, -0.15) is 0 Å². The molecule has 25 heavy (non-hydrogen) atoms. The van der Waals surface area contributed by atoms with Crippen LogP contribution in [-0.4, -0.2) is 30.7 Å². The molecule has 2 aromatic carbocycles. The van der Waals surface area contributed by atoms with Crippen molar-refractivity contribution in [3.8, 4) is 11.5 Å². The molecule has 0 aliphatic carbocycles. The van der Waals surface area contributed by atoms with Gasteiger partial charge in [-0.3, -0.25) is 9.59 Å². The van der Waals surface area contributed by atoms with Gasteiger partial charge in [0.25, 0.3) is 5.91 Å². The van der Waals surface area contributed by atoms with Gasteiger partial charge in [0.05, 0.1) is 13.0 Å². The van der Waals surface area contributed by atoms with Crippen molar-refractivity contribution in [3.63, 3.8) is 0 Å². The third-order valence-electron chi connectivity index (χ3n) is 3.61. The Hall–Kier alpha value is -3.02. The third kappa shape index (κ3) is 5.84. The number of anilines is 1. The van der Waals surface area contributed by atoms with Crippen molar-refractivity contribution in [3.05, 3.63) is 54.1 Å². The summed E-state index contributed by atoms with van der Waals surface area (Å²) < 4.78 is 10.5. The van der Waals surface area contributed by atoms with E-state index >= 15 is 0 Å². The molecule has 1 unspecified atom stereocenters. The van der Waals surface area contributed by atoms with Crippen LogP contribution in [-0.2, 0) is 16.0 Å². The van der Waals surface area contributed by atoms with Gasteiger partial charge in [0.2, 0.25) is 0 Å². The number of benzene rings is 2. The smallest absolute Gasteiger partial charge is 0.306 e. The highest BCUT2D eigenvalue weighted by Crippen LogP contribution is 2.19. The topological polar surface area (TPSA) is 84.9 Å². The van der Waals surface area contributed by atoms with Crippen LogP contribution in [0, 0.1) is 5.92 Å². The number of carboxylic acids is 1. The van der Waals surface area contributed by atoms with Crippen LogP contribution in [0.25, 0.3) is 0 Å². The van der Waals surface area contributed by atoms with E-state index in [2.05, 4.69) is 5.32 Å². The number of ether oxygens (including phenoxy) is 2. The average Bonchev–Trinajstić information content (AvgIpc) is 2.61. The standard InChI is InChI=1S/C19H21NO5/c1-13(19(22)23)10-14-6-8-15(9-7-14)20-18(21)12-25-17-5-3-4-16(11-17)24-2/h3-9,11,13H,10,12H2,1-2H3,(H,20,21)(H,22,23). The minimum Gasteiger partial charge on any atom is -0.497 e. The van der Waals surface area contributed by atoms with Crippen LogP contribution in [0.1, 0.15) is 12.5 Å². The molecule has 0 aromatic heterocycles. The van der Waals surface area contributed by atoms with Gasteiger partial charge < -0.3 is 19.9 Å². The van der Waals surface area contributed by atoms with E-state index in [4.69, 9.17) is 14.6 Å². The maximum Gasteiger partial charge on any atom is 0.306 e. The lowest BCUT2D eigenvalue weighted by molar-refractivity contribution is -0.141. The molecule has 6 nitrogen and oxygen atoms in total. The highest BCUT2D eigenvalue weighted by Gasteiger charge is 2.11. The first-order valence-corrected chi connectivity index (χ1v) is 7.86. The van der Waals surface area contributed by atoms with E-state index in [1.807, 2.05) is 0 Å². The fourth-order valence-corrected chi connectivity index (χ4v) is 2.20. The van der Waals surface area contributed by atoms with E-state index in [1.165, 1.54) is 0 Å². The largest absolute Gasteiger partial charge is 0.497 e. The maximum atomic E-state index is 11.9. The van der Waals surface area contributed by atoms with Crippen molar-refractivity contribution < 1.29 is 24.2 Å². The summed E-state index contributed by atoms with van der Waals surface area (Å²) in [7, 11) is 1.56. The fourth-order valence-electron chi connectivity index (χ4n) is 2.20. The second-order valence-corrected chi connectivity index (χ2v) is 5.66. The van der Waals surface area contributed by atoms with Gasteiger partial charge >= 0.3 is 5.97 Å². The zero-order valence-electron chi connectivity index (χ0n) is 14.2. The van der Waals surface area contributed by atoms with Crippen molar-refractivity contribution in [1.29, 1.82) is 0 Å². The molecule has 1 amide bonds. The Morgan fingerprint density at radius 1 is 1.12 bits per heavy atom. The molecule has 2 N–H and O–H groups in total. The second kappa shape index (κ2) is 8.73. The van der Waals surface area contributed by atoms with Gasteiger partial charge in [0.15, 0.2) is 6.61 Å². The van der Waals surface area contributed by atoms with Gasteiger partial charge in [-0.15, -0.1) is 0 Å². The normalized spacial score (nSPS) is 11.4. The van der Waals surface area contributed by atoms with Crippen LogP contribution in [0.15, 0.2) is 48.5 Å². The van der Waals surface area contributed by atoms with Gasteiger partial charge in [0.1, 0.15) is 11.5 Å². The van der Waals surface area contributed by atoms with Crippen LogP contribution in [0.5, 0.6) is 11.5 Å². The Labute approximate surface area is 146 Å². The zero-order valence-corrected chi connectivity index (χ0v) is 14.2. The molecule has 0 aliphatic rings. The summed E-state index contributed by atoms with van der Waals surface area (Å²) >= 11 is 0. The van der Waals surface area contributed by atoms with Crippen molar-refractivity contribution in [2.45, 2.75) is 13.3 Å². The highest BCUT2D eigenvalue weighted by atomic mass is 16.5. The number of hydrogen-bond donors (Lipinski definition) is 2. The maximum absolute atomic E-state index is 11.9. The number of carbonyl (C=O) groups excluding carboxylic acids is 1. The van der Waals surface area contributed by atoms with Gasteiger partial charge in [-0.05, 0) is 36.2 Å². The molecule has 0 spiro atoms. The van der Waals surface area contributed by atoms with E-state index in [9.17, 15) is 9.59 Å². The molecule has 0 saturated carbocycles. The second-order valence-electron chi connectivity index (χ2n) is 5.66. The lowest BCUT2D eigenvalue weighted by Gasteiger charge is -2.10. The molecule has 0 saturated heterocycles. The molecular weight excluding hydrogens is 322 g/mol. The molecule has 0 aliphatic heterocycles. The highest BCUT2D eigenvalue weighted by molar-refractivity contribution is 5.91. The molecule has 0 bridgehead atoms. The lowest BCUT2D eigenvalue weighted by atomic mass is 10.0. The number of carbonyl (C=O) groups is 2. The first-order chi connectivity index (χ1) is 12.0. The summed E-state index contributed by atoms with van der Waals surface area (Å²) in [6, 6.07) is 14.1. The van der Waals surface area contributed by atoms with E-state index in [1.54, 1.807) is 62.6 Å². The van der Waals surface area contributed by atoms with Gasteiger partial charge in [-0.25, -0.2) is 0 Å². The van der Waals surface area contributed by atoms with E-state index in [0.29, 0.717) is 23.6 Å². The number of rotatable bonds is 8. The quantitative estimate of drug-likeness (QED) is 0.770. The Morgan fingerprint density at radius 2 is 1.80 bits per heavy atom. The van der Waals surface area contributed by atoms with Crippen LogP contribution >= 0.6 is 0 Å². The summed E-state index contributed by atoms with van der Waals surface area (Å²) in [6.07, 6.45) is 0.447. The number of methoxy groups -OCH3 is 1. The van der Waals surface area contributed by atoms with E-state index < -0.39 is 11.9 Å². The molecule has 0 radical (unpaired) electrons. The number of amides is 1. The summed E-state index contributed by atoms with van der Waals surface area (Å²) in [5, 5.41) is 11.7. The molecular formula is C19H21NO5. The molecule has 6 heteroatoms. The SMILES string of the molecule is COc1cccc(OCC(=O)Nc2ccc(CC(C)C(=O)O)cc2)c1. The van der Waals surface area contributed by atoms with Crippen molar-refractivity contribution in [2.24, 2.45) is 5.92 Å². The number of nitrogens with one attached hydrogen (secondary N) is 1. The van der Waals surface area contributed by atoms with Crippen molar-refractivity contribution in [1.82, 2.24) is 0 Å². The minimum absolute atomic E-state index is 0.120.